The highest BCUT2D eigenvalue weighted by Crippen LogP contribution is 2.22. The van der Waals surface area contributed by atoms with Gasteiger partial charge in [0.25, 0.3) is 0 Å². The molecule has 1 saturated heterocycles. The van der Waals surface area contributed by atoms with E-state index in [1.54, 1.807) is 0 Å². The van der Waals surface area contributed by atoms with Gasteiger partial charge in [-0.2, -0.15) is 0 Å². The summed E-state index contributed by atoms with van der Waals surface area (Å²) in [5.74, 6) is 0.526. The van der Waals surface area contributed by atoms with Crippen molar-refractivity contribution in [2.24, 2.45) is 0 Å². The van der Waals surface area contributed by atoms with Gasteiger partial charge in [-0.25, -0.2) is 4.98 Å². The Morgan fingerprint density at radius 3 is 2.33 bits per heavy atom. The fourth-order valence-electron chi connectivity index (χ4n) is 3.45. The number of carbonyl (C=O) groups is 2. The first-order valence-corrected chi connectivity index (χ1v) is 10.3. The second-order valence-electron chi connectivity index (χ2n) is 7.56. The molecular weight excluding hydrogens is 382 g/mol. The maximum Gasteiger partial charge on any atom is 0.306 e. The predicted octanol–water partition coefficient (Wildman–Crippen LogP) is 2.28. The Hall–Kier alpha value is -2.77. The van der Waals surface area contributed by atoms with Crippen LogP contribution in [0.3, 0.4) is 0 Å². The number of aromatic nitrogens is 1. The molecule has 2 aromatic rings. The molecule has 1 aliphatic heterocycles. The molecule has 7 heteroatoms. The molecular formula is C23H29N3O4. The second-order valence-corrected chi connectivity index (χ2v) is 7.56. The summed E-state index contributed by atoms with van der Waals surface area (Å²) in [5.41, 5.74) is 3.03. The number of aliphatic hydroxyl groups is 1. The third-order valence-electron chi connectivity index (χ3n) is 5.21. The number of rotatable bonds is 9. The topological polar surface area (TPSA) is 83.0 Å². The van der Waals surface area contributed by atoms with Crippen molar-refractivity contribution < 1.29 is 19.4 Å². The van der Waals surface area contributed by atoms with E-state index in [2.05, 4.69) is 26.9 Å². The minimum Gasteiger partial charge on any atom is -0.458 e. The van der Waals surface area contributed by atoms with E-state index in [-0.39, 0.29) is 25.0 Å². The molecule has 0 atom stereocenters. The normalized spacial score (nSPS) is 14.5. The highest BCUT2D eigenvalue weighted by molar-refractivity contribution is 5.80. The summed E-state index contributed by atoms with van der Waals surface area (Å²) in [5, 5.41) is 9.16. The van der Waals surface area contributed by atoms with Crippen molar-refractivity contribution >= 4 is 17.6 Å². The van der Waals surface area contributed by atoms with Crippen molar-refractivity contribution in [3.8, 4) is 11.1 Å². The third kappa shape index (κ3) is 6.37. The highest BCUT2D eigenvalue weighted by atomic mass is 16.5. The molecule has 2 heterocycles. The number of pyridine rings is 1. The minimum absolute atomic E-state index is 0.0490. The number of anilines is 1. The molecule has 1 N–H and O–H groups in total. The molecule has 0 bridgehead atoms. The number of ketones is 1. The number of carbonyl (C=O) groups excluding carboxylic acids is 2. The summed E-state index contributed by atoms with van der Waals surface area (Å²) in [4.78, 5) is 31.6. The van der Waals surface area contributed by atoms with Gasteiger partial charge in [-0.3, -0.25) is 14.5 Å². The van der Waals surface area contributed by atoms with Crippen LogP contribution >= 0.6 is 0 Å². The van der Waals surface area contributed by atoms with E-state index < -0.39 is 0 Å². The summed E-state index contributed by atoms with van der Waals surface area (Å²) in [7, 11) is 0. The van der Waals surface area contributed by atoms with E-state index in [9.17, 15) is 9.59 Å². The average Bonchev–Trinajstić information content (AvgIpc) is 2.78. The molecule has 1 aromatic heterocycles. The van der Waals surface area contributed by atoms with Crippen LogP contribution in [-0.4, -0.2) is 66.1 Å². The molecule has 30 heavy (non-hydrogen) atoms. The van der Waals surface area contributed by atoms with Crippen molar-refractivity contribution in [1.82, 2.24) is 9.88 Å². The van der Waals surface area contributed by atoms with Gasteiger partial charge in [0.05, 0.1) is 6.61 Å². The molecule has 1 aromatic carbocycles. The highest BCUT2D eigenvalue weighted by Gasteiger charge is 2.18. The van der Waals surface area contributed by atoms with Crippen LogP contribution in [0.25, 0.3) is 11.1 Å². The molecule has 3 rings (SSSR count). The van der Waals surface area contributed by atoms with Crippen molar-refractivity contribution in [2.45, 2.75) is 26.4 Å². The van der Waals surface area contributed by atoms with Gasteiger partial charge < -0.3 is 14.7 Å². The van der Waals surface area contributed by atoms with E-state index >= 15 is 0 Å². The van der Waals surface area contributed by atoms with E-state index in [1.807, 2.05) is 30.5 Å². The molecule has 0 aliphatic carbocycles. The molecule has 0 amide bonds. The first kappa shape index (κ1) is 21.9. The number of benzene rings is 1. The number of Topliss-reactive ketones (excluding diaryl/α,β-unsaturated/α-hetero) is 1. The number of ether oxygens (including phenoxy) is 1. The summed E-state index contributed by atoms with van der Waals surface area (Å²) in [6.45, 7) is 5.82. The molecule has 0 saturated carbocycles. The molecule has 0 unspecified atom stereocenters. The van der Waals surface area contributed by atoms with Crippen LogP contribution in [0, 0.1) is 0 Å². The number of aliphatic hydroxyl groups excluding tert-OH is 1. The van der Waals surface area contributed by atoms with Crippen LogP contribution in [-0.2, 0) is 20.9 Å². The molecule has 1 aliphatic rings. The Bertz CT molecular complexity index is 829. The Balaban J connectivity index is 1.42. The first-order chi connectivity index (χ1) is 14.5. The summed E-state index contributed by atoms with van der Waals surface area (Å²) >= 11 is 0. The maximum atomic E-state index is 11.6. The van der Waals surface area contributed by atoms with Crippen molar-refractivity contribution in [1.29, 1.82) is 0 Å². The summed E-state index contributed by atoms with van der Waals surface area (Å²) in [6, 6.07) is 12.0. The van der Waals surface area contributed by atoms with Crippen LogP contribution in [0.2, 0.25) is 0 Å². The SMILES string of the molecule is CC(=O)COC(=O)CCCN1CCN(c2ccc(-c3ccc(CO)cc3)cn2)CC1. The van der Waals surface area contributed by atoms with E-state index in [0.717, 1.165) is 61.7 Å². The lowest BCUT2D eigenvalue weighted by Crippen LogP contribution is -2.47. The quantitative estimate of drug-likeness (QED) is 0.634. The maximum absolute atomic E-state index is 11.6. The fraction of sp³-hybridized carbons (Fsp3) is 0.435. The number of esters is 1. The second kappa shape index (κ2) is 10.8. The first-order valence-electron chi connectivity index (χ1n) is 10.3. The zero-order valence-electron chi connectivity index (χ0n) is 17.4. The third-order valence-corrected chi connectivity index (χ3v) is 5.21. The fourth-order valence-corrected chi connectivity index (χ4v) is 3.45. The van der Waals surface area contributed by atoms with Gasteiger partial charge in [0.2, 0.25) is 0 Å². The number of hydrogen-bond acceptors (Lipinski definition) is 7. The Morgan fingerprint density at radius 2 is 1.73 bits per heavy atom. The molecule has 160 valence electrons. The predicted molar refractivity (Wildman–Crippen MR) is 115 cm³/mol. The standard InChI is InChI=1S/C23H29N3O4/c1-18(28)17-30-23(29)3-2-10-25-11-13-26(14-12-25)22-9-8-21(15-24-22)20-6-4-19(16-27)5-7-20/h4-9,15,27H,2-3,10-14,16-17H2,1H3. The lowest BCUT2D eigenvalue weighted by molar-refractivity contribution is -0.147. The van der Waals surface area contributed by atoms with E-state index in [1.165, 1.54) is 6.92 Å². The van der Waals surface area contributed by atoms with Gasteiger partial charge in [0.15, 0.2) is 5.78 Å². The van der Waals surface area contributed by atoms with Crippen LogP contribution in [0.15, 0.2) is 42.6 Å². The lowest BCUT2D eigenvalue weighted by Gasteiger charge is -2.35. The molecule has 1 fully saturated rings. The summed E-state index contributed by atoms with van der Waals surface area (Å²) in [6.07, 6.45) is 2.97. The van der Waals surface area contributed by atoms with Crippen molar-refractivity contribution in [3.63, 3.8) is 0 Å². The number of piperazine rings is 1. The summed E-state index contributed by atoms with van der Waals surface area (Å²) < 4.78 is 4.89. The Kier molecular flexibility index (Phi) is 7.93. The van der Waals surface area contributed by atoms with Crippen LogP contribution < -0.4 is 4.90 Å². The largest absolute Gasteiger partial charge is 0.458 e. The van der Waals surface area contributed by atoms with Crippen LogP contribution in [0.1, 0.15) is 25.3 Å². The average molecular weight is 412 g/mol. The smallest absolute Gasteiger partial charge is 0.306 e. The van der Waals surface area contributed by atoms with Crippen LogP contribution in [0.4, 0.5) is 5.82 Å². The Morgan fingerprint density at radius 1 is 1.03 bits per heavy atom. The minimum atomic E-state index is -0.306. The lowest BCUT2D eigenvalue weighted by atomic mass is 10.1. The zero-order chi connectivity index (χ0) is 21.3. The van der Waals surface area contributed by atoms with Gasteiger partial charge in [-0.05, 0) is 43.1 Å². The van der Waals surface area contributed by atoms with E-state index in [0.29, 0.717) is 6.42 Å². The van der Waals surface area contributed by atoms with Gasteiger partial charge in [0, 0.05) is 44.4 Å². The van der Waals surface area contributed by atoms with Gasteiger partial charge in [0.1, 0.15) is 12.4 Å². The molecule has 0 radical (unpaired) electrons. The van der Waals surface area contributed by atoms with E-state index in [4.69, 9.17) is 9.84 Å². The van der Waals surface area contributed by atoms with Gasteiger partial charge in [-0.1, -0.05) is 24.3 Å². The van der Waals surface area contributed by atoms with Crippen molar-refractivity contribution in [2.75, 3.05) is 44.2 Å². The number of hydrogen-bond donors (Lipinski definition) is 1. The zero-order valence-corrected chi connectivity index (χ0v) is 17.4. The molecule has 7 nitrogen and oxygen atoms in total. The van der Waals surface area contributed by atoms with Gasteiger partial charge >= 0.3 is 5.97 Å². The monoisotopic (exact) mass is 411 g/mol. The van der Waals surface area contributed by atoms with Crippen LogP contribution in [0.5, 0.6) is 0 Å². The molecule has 0 spiro atoms. The van der Waals surface area contributed by atoms with Crippen molar-refractivity contribution in [3.05, 3.63) is 48.2 Å². The number of nitrogens with zero attached hydrogens (tertiary/aromatic N) is 3. The Labute approximate surface area is 177 Å². The van der Waals surface area contributed by atoms with Gasteiger partial charge in [-0.15, -0.1) is 0 Å².